The average molecular weight is 220 g/mol. The van der Waals surface area contributed by atoms with E-state index in [2.05, 4.69) is 16.8 Å². The summed E-state index contributed by atoms with van der Waals surface area (Å²) in [6.45, 7) is 6.54. The predicted molar refractivity (Wildman–Crippen MR) is 65.1 cm³/mol. The van der Waals surface area contributed by atoms with E-state index in [-0.39, 0.29) is 0 Å². The molecule has 0 radical (unpaired) electrons. The Morgan fingerprint density at radius 2 is 2.44 bits per heavy atom. The first-order chi connectivity index (χ1) is 7.85. The number of furan rings is 1. The van der Waals surface area contributed by atoms with Gasteiger partial charge in [0.25, 0.3) is 0 Å². The Bertz CT molecular complexity index is 341. The summed E-state index contributed by atoms with van der Waals surface area (Å²) in [7, 11) is 1.96. The van der Waals surface area contributed by atoms with Gasteiger partial charge in [0.15, 0.2) is 0 Å². The third-order valence-corrected chi connectivity index (χ3v) is 2.98. The van der Waals surface area contributed by atoms with E-state index in [9.17, 15) is 0 Å². The molecule has 88 valence electrons. The van der Waals surface area contributed by atoms with Crippen LogP contribution in [0.4, 0.5) is 0 Å². The van der Waals surface area contributed by atoms with Gasteiger partial charge in [0.2, 0.25) is 0 Å². The molecule has 0 bridgehead atoms. The quantitative estimate of drug-likeness (QED) is 0.714. The number of rotatable bonds is 7. The van der Waals surface area contributed by atoms with Crippen molar-refractivity contribution in [1.82, 2.24) is 10.2 Å². The summed E-state index contributed by atoms with van der Waals surface area (Å²) in [4.78, 5) is 2.44. The first kappa shape index (κ1) is 11.4. The second-order valence-corrected chi connectivity index (χ2v) is 4.35. The number of hydrogen-bond donors (Lipinski definition) is 1. The van der Waals surface area contributed by atoms with Gasteiger partial charge < -0.3 is 9.73 Å². The number of nitrogens with zero attached hydrogens (tertiary/aromatic N) is 1. The van der Waals surface area contributed by atoms with Crippen LogP contribution in [0.15, 0.2) is 29.4 Å². The minimum Gasteiger partial charge on any atom is -0.468 e. The lowest BCUT2D eigenvalue weighted by molar-refractivity contribution is 0.257. The molecule has 16 heavy (non-hydrogen) atoms. The van der Waals surface area contributed by atoms with Crippen molar-refractivity contribution in [1.29, 1.82) is 0 Å². The van der Waals surface area contributed by atoms with Crippen molar-refractivity contribution in [3.63, 3.8) is 0 Å². The van der Waals surface area contributed by atoms with Crippen molar-refractivity contribution in [2.45, 2.75) is 32.0 Å². The molecule has 1 heterocycles. The van der Waals surface area contributed by atoms with Crippen LogP contribution < -0.4 is 5.32 Å². The molecule has 0 unspecified atom stereocenters. The van der Waals surface area contributed by atoms with Crippen molar-refractivity contribution in [2.75, 3.05) is 13.6 Å². The molecule has 1 fully saturated rings. The van der Waals surface area contributed by atoms with Gasteiger partial charge in [-0.15, -0.1) is 6.58 Å². The van der Waals surface area contributed by atoms with Crippen molar-refractivity contribution in [2.24, 2.45) is 0 Å². The Morgan fingerprint density at radius 3 is 3.06 bits per heavy atom. The van der Waals surface area contributed by atoms with Crippen molar-refractivity contribution >= 4 is 0 Å². The minimum atomic E-state index is 0.741. The molecule has 0 aromatic carbocycles. The zero-order valence-corrected chi connectivity index (χ0v) is 9.91. The number of hydrogen-bond acceptors (Lipinski definition) is 3. The molecule has 2 rings (SSSR count). The van der Waals surface area contributed by atoms with Crippen molar-refractivity contribution < 1.29 is 4.42 Å². The lowest BCUT2D eigenvalue weighted by Crippen LogP contribution is -2.26. The highest BCUT2D eigenvalue weighted by Gasteiger charge is 2.29. The first-order valence-corrected chi connectivity index (χ1v) is 5.90. The van der Waals surface area contributed by atoms with Crippen LogP contribution >= 0.6 is 0 Å². The van der Waals surface area contributed by atoms with Crippen LogP contribution in [0, 0.1) is 0 Å². The highest BCUT2D eigenvalue weighted by molar-refractivity contribution is 5.17. The van der Waals surface area contributed by atoms with Gasteiger partial charge in [0, 0.05) is 24.7 Å². The lowest BCUT2D eigenvalue weighted by atomic mass is 10.2. The third-order valence-electron chi connectivity index (χ3n) is 2.98. The lowest BCUT2D eigenvalue weighted by Gasteiger charge is -2.19. The summed E-state index contributed by atoms with van der Waals surface area (Å²) in [5.74, 6) is 1.09. The molecule has 1 aliphatic rings. The molecular weight excluding hydrogens is 200 g/mol. The maximum Gasteiger partial charge on any atom is 0.122 e. The molecule has 1 aromatic heterocycles. The van der Waals surface area contributed by atoms with E-state index >= 15 is 0 Å². The summed E-state index contributed by atoms with van der Waals surface area (Å²) in [6.07, 6.45) is 6.38. The zero-order valence-electron chi connectivity index (χ0n) is 9.91. The fourth-order valence-corrected chi connectivity index (χ4v) is 1.99. The van der Waals surface area contributed by atoms with Gasteiger partial charge >= 0.3 is 0 Å². The topological polar surface area (TPSA) is 28.4 Å². The van der Waals surface area contributed by atoms with Crippen LogP contribution in [0.1, 0.15) is 24.2 Å². The molecule has 1 saturated carbocycles. The van der Waals surface area contributed by atoms with E-state index in [1.165, 1.54) is 18.4 Å². The monoisotopic (exact) mass is 220 g/mol. The molecule has 0 aliphatic heterocycles. The molecule has 0 amide bonds. The van der Waals surface area contributed by atoms with E-state index in [1.807, 2.05) is 19.2 Å². The Kier molecular flexibility index (Phi) is 3.80. The highest BCUT2D eigenvalue weighted by Crippen LogP contribution is 2.28. The van der Waals surface area contributed by atoms with Gasteiger partial charge in [-0.05, 0) is 26.0 Å². The van der Waals surface area contributed by atoms with Crippen molar-refractivity contribution in [3.05, 3.63) is 36.3 Å². The molecule has 1 aromatic rings. The maximum atomic E-state index is 5.56. The smallest absolute Gasteiger partial charge is 0.122 e. The normalized spacial score (nSPS) is 15.6. The summed E-state index contributed by atoms with van der Waals surface area (Å²) in [6, 6.07) is 2.79. The fourth-order valence-electron chi connectivity index (χ4n) is 1.99. The highest BCUT2D eigenvalue weighted by atomic mass is 16.3. The van der Waals surface area contributed by atoms with Gasteiger partial charge in [0.05, 0.1) is 12.8 Å². The van der Waals surface area contributed by atoms with Crippen LogP contribution in [-0.2, 0) is 13.1 Å². The summed E-state index contributed by atoms with van der Waals surface area (Å²) >= 11 is 0. The second kappa shape index (κ2) is 5.32. The Balaban J connectivity index is 1.99. The van der Waals surface area contributed by atoms with Gasteiger partial charge in [-0.3, -0.25) is 4.90 Å². The van der Waals surface area contributed by atoms with E-state index in [0.29, 0.717) is 0 Å². The molecule has 3 nitrogen and oxygen atoms in total. The largest absolute Gasteiger partial charge is 0.468 e. The standard InChI is InChI=1S/C13H20N2O/c1-3-7-15(12-4-5-12)10-13-11(9-14-2)6-8-16-13/h3,6,8,12,14H,1,4-5,7,9-10H2,2H3. The van der Waals surface area contributed by atoms with E-state index in [0.717, 1.165) is 31.4 Å². The third kappa shape index (κ3) is 2.74. The average Bonchev–Trinajstić information content (AvgIpc) is 3.03. The van der Waals surface area contributed by atoms with E-state index in [4.69, 9.17) is 4.42 Å². The van der Waals surface area contributed by atoms with Gasteiger partial charge in [-0.25, -0.2) is 0 Å². The number of nitrogens with one attached hydrogen (secondary N) is 1. The van der Waals surface area contributed by atoms with Gasteiger partial charge in [0.1, 0.15) is 5.76 Å². The van der Waals surface area contributed by atoms with E-state index < -0.39 is 0 Å². The summed E-state index contributed by atoms with van der Waals surface area (Å²) < 4.78 is 5.56. The van der Waals surface area contributed by atoms with Crippen LogP contribution in [0.3, 0.4) is 0 Å². The molecule has 0 atom stereocenters. The SMILES string of the molecule is C=CCN(Cc1occc1CNC)C1CC1. The zero-order chi connectivity index (χ0) is 11.4. The molecule has 0 spiro atoms. The van der Waals surface area contributed by atoms with Crippen LogP contribution in [0.25, 0.3) is 0 Å². The summed E-state index contributed by atoms with van der Waals surface area (Å²) in [5.41, 5.74) is 1.26. The Morgan fingerprint density at radius 1 is 1.62 bits per heavy atom. The Labute approximate surface area is 97.1 Å². The maximum absolute atomic E-state index is 5.56. The molecular formula is C13H20N2O. The van der Waals surface area contributed by atoms with E-state index in [1.54, 1.807) is 6.26 Å². The molecule has 3 heteroatoms. The van der Waals surface area contributed by atoms with Gasteiger partial charge in [-0.2, -0.15) is 0 Å². The van der Waals surface area contributed by atoms with Crippen LogP contribution in [0.2, 0.25) is 0 Å². The summed E-state index contributed by atoms with van der Waals surface area (Å²) in [5, 5.41) is 3.16. The molecule has 1 N–H and O–H groups in total. The molecule has 0 saturated heterocycles. The van der Waals surface area contributed by atoms with Gasteiger partial charge in [-0.1, -0.05) is 6.08 Å². The predicted octanol–water partition coefficient (Wildman–Crippen LogP) is 2.15. The first-order valence-electron chi connectivity index (χ1n) is 5.90. The van der Waals surface area contributed by atoms with Crippen molar-refractivity contribution in [3.8, 4) is 0 Å². The van der Waals surface area contributed by atoms with Crippen LogP contribution in [0.5, 0.6) is 0 Å². The molecule has 1 aliphatic carbocycles. The Hall–Kier alpha value is -1.06. The second-order valence-electron chi connectivity index (χ2n) is 4.35. The minimum absolute atomic E-state index is 0.741. The fraction of sp³-hybridized carbons (Fsp3) is 0.538. The van der Waals surface area contributed by atoms with Crippen LogP contribution in [-0.4, -0.2) is 24.5 Å².